The molecule has 6 rings (SSSR count). The van der Waals surface area contributed by atoms with Gasteiger partial charge < -0.3 is 38.5 Å². The van der Waals surface area contributed by atoms with E-state index in [0.29, 0.717) is 10.0 Å². The van der Waals surface area contributed by atoms with Gasteiger partial charge in [0.1, 0.15) is 30.0 Å². The van der Waals surface area contributed by atoms with Crippen molar-refractivity contribution in [2.45, 2.75) is 107 Å². The van der Waals surface area contributed by atoms with Crippen molar-refractivity contribution in [1.29, 1.82) is 0 Å². The Balaban J connectivity index is 1.46. The van der Waals surface area contributed by atoms with Crippen LogP contribution in [0.5, 0.6) is 0 Å². The van der Waals surface area contributed by atoms with E-state index in [1.165, 1.54) is 48.5 Å². The second kappa shape index (κ2) is 23.8. The van der Waals surface area contributed by atoms with Gasteiger partial charge in [0, 0.05) is 24.8 Å². The van der Waals surface area contributed by atoms with Gasteiger partial charge in [-0.25, -0.2) is 14.4 Å². The van der Waals surface area contributed by atoms with Crippen LogP contribution in [0.3, 0.4) is 0 Å². The fourth-order valence-corrected chi connectivity index (χ4v) is 7.73. The van der Waals surface area contributed by atoms with E-state index in [2.05, 4.69) is 35.4 Å². The summed E-state index contributed by atoms with van der Waals surface area (Å²) in [6.45, 7) is 4.63. The van der Waals surface area contributed by atoms with Crippen LogP contribution in [-0.4, -0.2) is 91.2 Å². The fraction of sp³-hybridized carbons (Fsp3) is 0.400. The number of hydrogen-bond acceptors (Lipinski definition) is 13. The second-order valence-corrected chi connectivity index (χ2v) is 17.2. The molecule has 20 nitrogen and oxygen atoms in total. The summed E-state index contributed by atoms with van der Waals surface area (Å²) >= 11 is 12.3. The topological polar surface area (TPSA) is 274 Å². The number of benzene rings is 4. The summed E-state index contributed by atoms with van der Waals surface area (Å²) in [7, 11) is 0. The normalized spacial score (nSPS) is 24.6. The van der Waals surface area contributed by atoms with E-state index in [1.54, 1.807) is 20.8 Å². The number of rotatable bonds is 17. The summed E-state index contributed by atoms with van der Waals surface area (Å²) in [6, 6.07) is 25.8. The first-order chi connectivity index (χ1) is 32.3. The Morgan fingerprint density at radius 3 is 1.72 bits per heavy atom. The van der Waals surface area contributed by atoms with Gasteiger partial charge in [-0.3, -0.25) is 0 Å². The fourth-order valence-electron chi connectivity index (χ4n) is 7.48. The minimum Gasteiger partial charge on any atom is -0.452 e. The molecule has 1 N–H and O–H groups in total. The molecule has 10 atom stereocenters. The molecular formula is C45H46Cl2N10O10. The number of ether oxygens (including phenoxy) is 7. The molecule has 4 aromatic rings. The molecule has 2 fully saturated rings. The summed E-state index contributed by atoms with van der Waals surface area (Å²) in [5.41, 5.74) is 30.2. The van der Waals surface area contributed by atoms with Crippen molar-refractivity contribution in [3.63, 3.8) is 0 Å². The molecule has 0 bridgehead atoms. The number of carbonyl (C=O) groups is 3. The first-order valence-corrected chi connectivity index (χ1v) is 21.7. The molecule has 0 spiro atoms. The maximum atomic E-state index is 14.2. The van der Waals surface area contributed by atoms with Gasteiger partial charge in [-0.15, -0.1) is 0 Å². The van der Waals surface area contributed by atoms with Crippen LogP contribution >= 0.6 is 23.2 Å². The summed E-state index contributed by atoms with van der Waals surface area (Å²) in [5.74, 6) is -1.88. The number of alkyl carbamates (subject to hydrolysis) is 1. The van der Waals surface area contributed by atoms with E-state index in [-0.39, 0.29) is 37.3 Å². The van der Waals surface area contributed by atoms with Gasteiger partial charge >= 0.3 is 18.0 Å². The summed E-state index contributed by atoms with van der Waals surface area (Å²) in [6.07, 6.45) is -11.2. The highest BCUT2D eigenvalue weighted by Gasteiger charge is 2.55. The molecular weight excluding hydrogens is 911 g/mol. The predicted molar refractivity (Wildman–Crippen MR) is 243 cm³/mol. The van der Waals surface area contributed by atoms with Crippen molar-refractivity contribution >= 4 is 41.2 Å². The molecule has 1 saturated heterocycles. The smallest absolute Gasteiger partial charge is 0.408 e. The first-order valence-electron chi connectivity index (χ1n) is 20.9. The van der Waals surface area contributed by atoms with Gasteiger partial charge in [-0.1, -0.05) is 99.2 Å². The second-order valence-electron chi connectivity index (χ2n) is 16.3. The molecule has 1 heterocycles. The molecule has 4 aromatic carbocycles. The minimum absolute atomic E-state index is 0.0107. The molecule has 67 heavy (non-hydrogen) atoms. The molecule has 1 aliphatic carbocycles. The number of amides is 1. The Labute approximate surface area is 394 Å². The molecule has 1 amide bonds. The monoisotopic (exact) mass is 956 g/mol. The highest BCUT2D eigenvalue weighted by atomic mass is 35.5. The van der Waals surface area contributed by atoms with Crippen LogP contribution in [0.2, 0.25) is 10.0 Å². The number of carbonyl (C=O) groups excluding carboxylic acids is 3. The van der Waals surface area contributed by atoms with Gasteiger partial charge in [-0.05, 0) is 103 Å². The number of azide groups is 3. The Bertz CT molecular complexity index is 2450. The van der Waals surface area contributed by atoms with Crippen LogP contribution in [0, 0.1) is 0 Å². The molecule has 0 radical (unpaired) electrons. The predicted octanol–water partition coefficient (Wildman–Crippen LogP) is 9.99. The van der Waals surface area contributed by atoms with E-state index < -0.39 is 84.7 Å². The van der Waals surface area contributed by atoms with Crippen LogP contribution in [0.1, 0.15) is 59.0 Å². The van der Waals surface area contributed by atoms with Crippen LogP contribution in [0.15, 0.2) is 125 Å². The largest absolute Gasteiger partial charge is 0.452 e. The average molecular weight is 958 g/mol. The summed E-state index contributed by atoms with van der Waals surface area (Å²) in [4.78, 5) is 50.7. The van der Waals surface area contributed by atoms with Crippen molar-refractivity contribution in [2.24, 2.45) is 15.3 Å². The third kappa shape index (κ3) is 14.0. The zero-order valence-electron chi connectivity index (χ0n) is 36.4. The quantitative estimate of drug-likeness (QED) is 0.0343. The lowest BCUT2D eigenvalue weighted by atomic mass is 9.83. The maximum absolute atomic E-state index is 14.2. The van der Waals surface area contributed by atoms with Gasteiger partial charge in [0.15, 0.2) is 18.5 Å². The van der Waals surface area contributed by atoms with Gasteiger partial charge in [0.2, 0.25) is 0 Å². The van der Waals surface area contributed by atoms with E-state index >= 15 is 0 Å². The SMILES string of the molecule is CC(C)(C)OC(=O)N[C@@H]1C[C@H](N=[N+]=[N-])[C@@H](O[C@H]2O[C@H](CN=[N+]=[N-])[C@@H](OCc3ccccc3)[C@H](OCc3ccccc3)[C@H]2N=[N+]=[N-])[C@H](OC(=O)c2ccc(Cl)cc2)[C@H]1OC(=O)c1ccc(Cl)cc1. The van der Waals surface area contributed by atoms with Gasteiger partial charge in [0.05, 0.1) is 49.1 Å². The number of esters is 2. The van der Waals surface area contributed by atoms with Crippen LogP contribution in [0.4, 0.5) is 4.79 Å². The molecule has 2 aliphatic rings. The Kier molecular flexibility index (Phi) is 17.7. The van der Waals surface area contributed by atoms with Crippen molar-refractivity contribution in [3.8, 4) is 0 Å². The van der Waals surface area contributed by atoms with E-state index in [0.717, 1.165) is 11.1 Å². The molecule has 1 saturated carbocycles. The zero-order valence-corrected chi connectivity index (χ0v) is 37.9. The lowest BCUT2D eigenvalue weighted by molar-refractivity contribution is -0.300. The molecule has 350 valence electrons. The highest BCUT2D eigenvalue weighted by molar-refractivity contribution is 6.31. The summed E-state index contributed by atoms with van der Waals surface area (Å²) < 4.78 is 44.1. The molecule has 0 aromatic heterocycles. The Morgan fingerprint density at radius 1 is 0.687 bits per heavy atom. The van der Waals surface area contributed by atoms with Crippen LogP contribution in [-0.2, 0) is 46.4 Å². The van der Waals surface area contributed by atoms with Crippen molar-refractivity contribution in [1.82, 2.24) is 5.32 Å². The molecule has 0 unspecified atom stereocenters. The highest BCUT2D eigenvalue weighted by Crippen LogP contribution is 2.37. The lowest BCUT2D eigenvalue weighted by Crippen LogP contribution is -2.66. The minimum atomic E-state index is -1.73. The standard InChI is InChI=1S/C45H46Cl2N10O10/c1-45(2,3)67-44(60)52-32-22-33(53-56-49)37(40(65-42(59)29-16-20-31(47)21-17-29)36(32)64-41(58)28-14-18-30(46)19-15-28)66-43-35(54-57-50)39(62-25-27-12-8-5-9-13-27)38(34(63-43)23-51-55-48)61-24-26-10-6-4-7-11-26/h4-21,32-40,43H,22-25H2,1-3H3,(H,52,60)/t32-,33+,34-,35-,36+,37-,38-,39-,40-,43-/m1/s1. The average Bonchev–Trinajstić information content (AvgIpc) is 3.30. The number of nitrogens with zero attached hydrogens (tertiary/aromatic N) is 9. The van der Waals surface area contributed by atoms with Crippen molar-refractivity contribution in [3.05, 3.63) is 173 Å². The lowest BCUT2D eigenvalue weighted by Gasteiger charge is -2.48. The molecule has 22 heteroatoms. The first kappa shape index (κ1) is 49.9. The molecule has 1 aliphatic heterocycles. The van der Waals surface area contributed by atoms with Crippen molar-refractivity contribution in [2.75, 3.05) is 6.54 Å². The zero-order chi connectivity index (χ0) is 47.9. The number of nitrogens with one attached hydrogen (secondary N) is 1. The van der Waals surface area contributed by atoms with Crippen molar-refractivity contribution < 1.29 is 47.5 Å². The van der Waals surface area contributed by atoms with E-state index in [9.17, 15) is 31.0 Å². The summed E-state index contributed by atoms with van der Waals surface area (Å²) in [5, 5.41) is 15.2. The van der Waals surface area contributed by atoms with Crippen LogP contribution in [0.25, 0.3) is 31.3 Å². The van der Waals surface area contributed by atoms with E-state index in [4.69, 9.17) is 56.4 Å². The Hall–Kier alpha value is -6.56. The maximum Gasteiger partial charge on any atom is 0.408 e. The van der Waals surface area contributed by atoms with Gasteiger partial charge in [-0.2, -0.15) is 0 Å². The van der Waals surface area contributed by atoms with Crippen LogP contribution < -0.4 is 5.32 Å². The van der Waals surface area contributed by atoms with E-state index in [1.807, 2.05) is 60.7 Å². The number of halogens is 2. The third-order valence-electron chi connectivity index (χ3n) is 10.5. The third-order valence-corrected chi connectivity index (χ3v) is 11.0. The Morgan fingerprint density at radius 2 is 1.21 bits per heavy atom. The number of hydrogen-bond donors (Lipinski definition) is 1. The van der Waals surface area contributed by atoms with Gasteiger partial charge in [0.25, 0.3) is 0 Å².